The van der Waals surface area contributed by atoms with Crippen LogP contribution >= 0.6 is 0 Å². The second kappa shape index (κ2) is 17.2. The number of imidazole rings is 1. The van der Waals surface area contributed by atoms with Crippen molar-refractivity contribution >= 4 is 12.0 Å². The van der Waals surface area contributed by atoms with Crippen molar-refractivity contribution in [3.63, 3.8) is 0 Å². The monoisotopic (exact) mass is 758 g/mol. The van der Waals surface area contributed by atoms with Gasteiger partial charge < -0.3 is 33.7 Å². The number of hydrogen-bond acceptors (Lipinski definition) is 7. The summed E-state index contributed by atoms with van der Waals surface area (Å²) in [4.78, 5) is 23.2. The summed E-state index contributed by atoms with van der Waals surface area (Å²) in [6.07, 6.45) is 11.3. The molecule has 3 aromatic carbocycles. The number of aromatic nitrogens is 2. The quantitative estimate of drug-likeness (QED) is 0.127. The Bertz CT molecular complexity index is 2000. The molecule has 55 heavy (non-hydrogen) atoms. The van der Waals surface area contributed by atoms with E-state index in [0.717, 1.165) is 22.9 Å². The molecule has 1 atom stereocenters. The number of rotatable bonds is 15. The van der Waals surface area contributed by atoms with E-state index in [9.17, 15) is 18.7 Å². The Balaban J connectivity index is 1.19. The van der Waals surface area contributed by atoms with Gasteiger partial charge in [-0.1, -0.05) is 36.4 Å². The average Bonchev–Trinajstić information content (AvgIpc) is 3.73. The van der Waals surface area contributed by atoms with Crippen molar-refractivity contribution in [1.82, 2.24) is 19.4 Å². The van der Waals surface area contributed by atoms with Crippen LogP contribution in [0.2, 0.25) is 0 Å². The summed E-state index contributed by atoms with van der Waals surface area (Å²) in [7, 11) is 4.60. The highest BCUT2D eigenvalue weighted by atomic mass is 19.1. The minimum Gasteiger partial charge on any atom is -0.493 e. The lowest BCUT2D eigenvalue weighted by Gasteiger charge is -2.39. The van der Waals surface area contributed by atoms with Crippen molar-refractivity contribution in [1.29, 1.82) is 0 Å². The lowest BCUT2D eigenvalue weighted by atomic mass is 9.76. The lowest BCUT2D eigenvalue weighted by Crippen LogP contribution is -2.46. The van der Waals surface area contributed by atoms with Gasteiger partial charge in [0.25, 0.3) is 0 Å². The number of benzene rings is 3. The Morgan fingerprint density at radius 2 is 1.53 bits per heavy atom. The molecule has 12 heteroatoms. The van der Waals surface area contributed by atoms with Crippen molar-refractivity contribution < 1.29 is 37.3 Å². The van der Waals surface area contributed by atoms with Crippen molar-refractivity contribution in [3.8, 4) is 17.2 Å². The fraction of sp³-hybridized carbons (Fsp3) is 0.395. The maximum atomic E-state index is 15.1. The van der Waals surface area contributed by atoms with Gasteiger partial charge in [-0.15, -0.1) is 0 Å². The van der Waals surface area contributed by atoms with Crippen LogP contribution in [0.3, 0.4) is 0 Å². The van der Waals surface area contributed by atoms with Crippen LogP contribution in [0, 0.1) is 22.9 Å². The number of allylic oxidation sites excluding steroid dienone is 3. The predicted octanol–water partition coefficient (Wildman–Crippen LogP) is 7.30. The van der Waals surface area contributed by atoms with Crippen LogP contribution < -0.4 is 14.2 Å². The van der Waals surface area contributed by atoms with Crippen LogP contribution in [0.5, 0.6) is 17.2 Å². The van der Waals surface area contributed by atoms with Gasteiger partial charge >= 0.3 is 0 Å². The van der Waals surface area contributed by atoms with E-state index in [0.29, 0.717) is 87.0 Å². The molecular formula is C43H49F3N4O5. The number of likely N-dealkylation sites (tertiary alicyclic amines) is 2. The maximum absolute atomic E-state index is 15.1. The molecule has 4 aromatic rings. The maximum Gasteiger partial charge on any atom is 0.229 e. The highest BCUT2D eigenvalue weighted by Gasteiger charge is 2.47. The second-order valence-electron chi connectivity index (χ2n) is 14.4. The van der Waals surface area contributed by atoms with Crippen LogP contribution in [-0.2, 0) is 29.9 Å². The van der Waals surface area contributed by atoms with Crippen molar-refractivity contribution in [2.75, 3.05) is 47.5 Å². The molecular weight excluding hydrogens is 709 g/mol. The van der Waals surface area contributed by atoms with Gasteiger partial charge in [0.2, 0.25) is 11.7 Å². The molecule has 0 radical (unpaired) electrons. The molecule has 1 N–H and O–H groups in total. The number of aliphatic hydroxyl groups is 1. The number of carbonyl (C=O) groups is 1. The van der Waals surface area contributed by atoms with Crippen LogP contribution in [0.25, 0.3) is 6.08 Å². The number of halogens is 3. The molecule has 0 saturated carbocycles. The predicted molar refractivity (Wildman–Crippen MR) is 204 cm³/mol. The number of piperidine rings is 1. The molecule has 2 aliphatic heterocycles. The summed E-state index contributed by atoms with van der Waals surface area (Å²) in [6, 6.07) is 13.5. The van der Waals surface area contributed by atoms with Gasteiger partial charge in [-0.05, 0) is 98.7 Å². The minimum atomic E-state index is -1.21. The number of carbonyl (C=O) groups excluding carboxylic acids is 1. The van der Waals surface area contributed by atoms with E-state index in [4.69, 9.17) is 19.2 Å². The fourth-order valence-electron chi connectivity index (χ4n) is 7.84. The molecule has 6 rings (SSSR count). The minimum absolute atomic E-state index is 0.0974. The topological polar surface area (TPSA) is 89.3 Å². The largest absolute Gasteiger partial charge is 0.493 e. The van der Waals surface area contributed by atoms with Gasteiger partial charge in [0.05, 0.1) is 38.6 Å². The van der Waals surface area contributed by atoms with E-state index in [1.807, 2.05) is 47.9 Å². The van der Waals surface area contributed by atoms with Gasteiger partial charge in [-0.2, -0.15) is 0 Å². The van der Waals surface area contributed by atoms with Gasteiger partial charge in [-0.3, -0.25) is 4.79 Å². The molecule has 2 aliphatic rings. The summed E-state index contributed by atoms with van der Waals surface area (Å²) in [5.74, 6) is 0.207. The van der Waals surface area contributed by atoms with E-state index in [1.165, 1.54) is 45.6 Å². The van der Waals surface area contributed by atoms with E-state index in [1.54, 1.807) is 23.2 Å². The Morgan fingerprint density at radius 3 is 2.16 bits per heavy atom. The zero-order chi connectivity index (χ0) is 39.2. The first kappa shape index (κ1) is 39.6. The molecule has 1 amide bonds. The highest BCUT2D eigenvalue weighted by Crippen LogP contribution is 2.43. The molecule has 1 unspecified atom stereocenters. The summed E-state index contributed by atoms with van der Waals surface area (Å²) in [6.45, 7) is 4.73. The van der Waals surface area contributed by atoms with Gasteiger partial charge in [0.15, 0.2) is 11.5 Å². The molecule has 9 nitrogen and oxygen atoms in total. The smallest absolute Gasteiger partial charge is 0.229 e. The molecule has 3 heterocycles. The van der Waals surface area contributed by atoms with E-state index in [-0.39, 0.29) is 24.7 Å². The summed E-state index contributed by atoms with van der Waals surface area (Å²) < 4.78 is 61.3. The van der Waals surface area contributed by atoms with Crippen LogP contribution in [0.1, 0.15) is 60.8 Å². The highest BCUT2D eigenvalue weighted by molar-refractivity contribution is 5.85. The Morgan fingerprint density at radius 1 is 0.836 bits per heavy atom. The van der Waals surface area contributed by atoms with Crippen LogP contribution in [-0.4, -0.2) is 77.9 Å². The van der Waals surface area contributed by atoms with Crippen molar-refractivity contribution in [2.45, 2.75) is 57.7 Å². The summed E-state index contributed by atoms with van der Waals surface area (Å²) in [5.41, 5.74) is 0.653. The molecule has 0 spiro atoms. The standard InChI is InChI=1S/C43H49F3N4O5/c1-5-6-7-8-35-27-47-40(50(35)29-30-9-12-33(44)13-10-30)43(52)17-20-48(21-18-43)19-15-42(26-32-11-14-34(45)25-36(32)46)16-22-49(41(42)51)28-31-23-37(53-2)39(55-4)38(24-31)54-3/h5-14,23-25,27,52H,15-22,26,28-29H2,1-4H3/b6-5+,8-7+. The van der Waals surface area contributed by atoms with Crippen molar-refractivity contribution in [3.05, 3.63) is 125 Å². The van der Waals surface area contributed by atoms with Crippen LogP contribution in [0.4, 0.5) is 13.2 Å². The summed E-state index contributed by atoms with van der Waals surface area (Å²) in [5, 5.41) is 12.1. The first-order valence-electron chi connectivity index (χ1n) is 18.6. The zero-order valence-corrected chi connectivity index (χ0v) is 31.9. The number of amides is 1. The third-order valence-electron chi connectivity index (χ3n) is 11.0. The van der Waals surface area contributed by atoms with Gasteiger partial charge in [0.1, 0.15) is 28.9 Å². The zero-order valence-electron chi connectivity index (χ0n) is 31.9. The lowest BCUT2D eigenvalue weighted by molar-refractivity contribution is -0.137. The van der Waals surface area contributed by atoms with Crippen LogP contribution in [0.15, 0.2) is 79.0 Å². The number of ether oxygens (including phenoxy) is 3. The Labute approximate surface area is 320 Å². The molecule has 1 aromatic heterocycles. The summed E-state index contributed by atoms with van der Waals surface area (Å²) >= 11 is 0. The number of nitrogens with zero attached hydrogens (tertiary/aromatic N) is 4. The number of methoxy groups -OCH3 is 3. The normalized spacial score (nSPS) is 18.8. The van der Waals surface area contributed by atoms with E-state index < -0.39 is 22.7 Å². The SMILES string of the molecule is C/C=C/C=C/c1cnc(C2(O)CCN(CCC3(Cc4ccc(F)cc4F)CCN(Cc4cc(OC)c(OC)c(OC)c4)C3=O)CC2)n1Cc1ccc(F)cc1. The number of hydrogen-bond donors (Lipinski definition) is 1. The molecule has 292 valence electrons. The third-order valence-corrected chi connectivity index (χ3v) is 11.0. The van der Waals surface area contributed by atoms with E-state index in [2.05, 4.69) is 4.90 Å². The third kappa shape index (κ3) is 8.76. The molecule has 0 bridgehead atoms. The first-order chi connectivity index (χ1) is 26.5. The van der Waals surface area contributed by atoms with Gasteiger partial charge in [-0.25, -0.2) is 18.2 Å². The average molecular weight is 759 g/mol. The molecule has 0 aliphatic carbocycles. The van der Waals surface area contributed by atoms with Crippen molar-refractivity contribution in [2.24, 2.45) is 5.41 Å². The fourth-order valence-corrected chi connectivity index (χ4v) is 7.84. The molecule has 2 fully saturated rings. The van der Waals surface area contributed by atoms with E-state index >= 15 is 4.39 Å². The Hall–Kier alpha value is -5.07. The first-order valence-corrected chi connectivity index (χ1v) is 18.6. The van der Waals surface area contributed by atoms with Gasteiger partial charge in [0, 0.05) is 38.8 Å². The Kier molecular flexibility index (Phi) is 12.4. The molecule has 2 saturated heterocycles. The second-order valence-corrected chi connectivity index (χ2v) is 14.4.